The van der Waals surface area contributed by atoms with E-state index >= 15 is 0 Å². The Morgan fingerprint density at radius 3 is 2.38 bits per heavy atom. The molecule has 0 aliphatic heterocycles. The molecule has 0 saturated carbocycles. The lowest BCUT2D eigenvalue weighted by Crippen LogP contribution is -2.44. The van der Waals surface area contributed by atoms with Crippen molar-refractivity contribution >= 4 is 29.1 Å². The Hall–Kier alpha value is -2.40. The maximum Gasteiger partial charge on any atom is 0.239 e. The summed E-state index contributed by atoms with van der Waals surface area (Å²) in [5.74, 6) is -1.21. The predicted octanol–water partition coefficient (Wildman–Crippen LogP) is 3.76. The van der Waals surface area contributed by atoms with Gasteiger partial charge >= 0.3 is 0 Å². The molecule has 2 rings (SSSR count). The second-order valence-electron chi connectivity index (χ2n) is 5.90. The lowest BCUT2D eigenvalue weighted by molar-refractivity contribution is -0.138. The number of hydrogen-bond acceptors (Lipinski definition) is 2. The number of amides is 2. The zero-order chi connectivity index (χ0) is 17.7. The molecule has 0 saturated heterocycles. The SMILES string of the molecule is CC(C)(C(=O)NCc1ccc(F)cc1)C(=O)Nc1cccc(Cl)c1. The van der Waals surface area contributed by atoms with Gasteiger partial charge in [-0.05, 0) is 49.7 Å². The van der Waals surface area contributed by atoms with Crippen molar-refractivity contribution in [1.82, 2.24) is 5.32 Å². The molecule has 0 aliphatic rings. The van der Waals surface area contributed by atoms with E-state index in [0.29, 0.717) is 10.7 Å². The first-order valence-electron chi connectivity index (χ1n) is 7.39. The molecule has 0 radical (unpaired) electrons. The van der Waals surface area contributed by atoms with E-state index in [0.717, 1.165) is 5.56 Å². The third-order valence-electron chi connectivity index (χ3n) is 3.58. The molecular weight excluding hydrogens is 331 g/mol. The van der Waals surface area contributed by atoms with Crippen molar-refractivity contribution in [2.75, 3.05) is 5.32 Å². The highest BCUT2D eigenvalue weighted by Crippen LogP contribution is 2.21. The Kier molecular flexibility index (Phi) is 5.57. The van der Waals surface area contributed by atoms with Crippen LogP contribution in [0.4, 0.5) is 10.1 Å². The summed E-state index contributed by atoms with van der Waals surface area (Å²) in [5.41, 5.74) is -0.00905. The average Bonchev–Trinajstić information content (AvgIpc) is 2.54. The minimum Gasteiger partial charge on any atom is -0.351 e. The van der Waals surface area contributed by atoms with E-state index in [2.05, 4.69) is 10.6 Å². The lowest BCUT2D eigenvalue weighted by Gasteiger charge is -2.22. The molecule has 0 aromatic heterocycles. The molecule has 0 spiro atoms. The van der Waals surface area contributed by atoms with E-state index in [1.165, 1.54) is 26.0 Å². The molecule has 0 heterocycles. The Balaban J connectivity index is 1.98. The third-order valence-corrected chi connectivity index (χ3v) is 3.82. The standard InChI is InChI=1S/C18H18ClFN2O2/c1-18(2,17(24)22-15-5-3-4-13(19)10-15)16(23)21-11-12-6-8-14(20)9-7-12/h3-10H,11H2,1-2H3,(H,21,23)(H,22,24). The van der Waals surface area contributed by atoms with Crippen molar-refractivity contribution < 1.29 is 14.0 Å². The summed E-state index contributed by atoms with van der Waals surface area (Å²) in [6, 6.07) is 12.5. The number of carbonyl (C=O) groups is 2. The topological polar surface area (TPSA) is 58.2 Å². The number of carbonyl (C=O) groups excluding carboxylic acids is 2. The zero-order valence-electron chi connectivity index (χ0n) is 13.4. The van der Waals surface area contributed by atoms with Crippen molar-refractivity contribution in [3.8, 4) is 0 Å². The predicted molar refractivity (Wildman–Crippen MR) is 92.1 cm³/mol. The monoisotopic (exact) mass is 348 g/mol. The Bertz CT molecular complexity index is 745. The zero-order valence-corrected chi connectivity index (χ0v) is 14.2. The molecule has 0 unspecified atom stereocenters. The summed E-state index contributed by atoms with van der Waals surface area (Å²) in [5, 5.41) is 5.86. The first kappa shape index (κ1) is 17.9. The molecule has 2 aromatic carbocycles. The van der Waals surface area contributed by atoms with Gasteiger partial charge in [-0.1, -0.05) is 29.8 Å². The van der Waals surface area contributed by atoms with Crippen molar-refractivity contribution in [2.24, 2.45) is 5.41 Å². The van der Waals surface area contributed by atoms with Crippen molar-refractivity contribution in [3.05, 3.63) is 64.9 Å². The van der Waals surface area contributed by atoms with Gasteiger partial charge < -0.3 is 10.6 Å². The van der Waals surface area contributed by atoms with E-state index < -0.39 is 17.2 Å². The van der Waals surface area contributed by atoms with Gasteiger partial charge in [-0.25, -0.2) is 4.39 Å². The molecule has 2 N–H and O–H groups in total. The summed E-state index contributed by atoms with van der Waals surface area (Å²) in [4.78, 5) is 24.7. The van der Waals surface area contributed by atoms with E-state index in [9.17, 15) is 14.0 Å². The van der Waals surface area contributed by atoms with Gasteiger partial charge in [0.25, 0.3) is 0 Å². The van der Waals surface area contributed by atoms with Gasteiger partial charge in [0.2, 0.25) is 11.8 Å². The Labute approximate surface area is 145 Å². The maximum atomic E-state index is 12.9. The van der Waals surface area contributed by atoms with Crippen LogP contribution in [0.3, 0.4) is 0 Å². The summed E-state index contributed by atoms with van der Waals surface area (Å²) >= 11 is 5.88. The minimum absolute atomic E-state index is 0.215. The molecule has 2 amide bonds. The third kappa shape index (κ3) is 4.55. The number of rotatable bonds is 5. The number of hydrogen-bond donors (Lipinski definition) is 2. The molecule has 4 nitrogen and oxygen atoms in total. The number of anilines is 1. The molecule has 6 heteroatoms. The quantitative estimate of drug-likeness (QED) is 0.808. The molecular formula is C18H18ClFN2O2. The van der Waals surface area contributed by atoms with Crippen LogP contribution in [0.5, 0.6) is 0 Å². The van der Waals surface area contributed by atoms with Crippen LogP contribution < -0.4 is 10.6 Å². The second-order valence-corrected chi connectivity index (χ2v) is 6.34. The highest BCUT2D eigenvalue weighted by Gasteiger charge is 2.35. The molecule has 0 aliphatic carbocycles. The van der Waals surface area contributed by atoms with Crippen LogP contribution in [-0.2, 0) is 16.1 Å². The van der Waals surface area contributed by atoms with Crippen LogP contribution in [0.25, 0.3) is 0 Å². The summed E-state index contributed by atoms with van der Waals surface area (Å²) in [6.45, 7) is 3.28. The van der Waals surface area contributed by atoms with Crippen LogP contribution >= 0.6 is 11.6 Å². The normalized spacial score (nSPS) is 11.0. The van der Waals surface area contributed by atoms with E-state index in [-0.39, 0.29) is 12.4 Å². The summed E-state index contributed by atoms with van der Waals surface area (Å²) in [7, 11) is 0. The number of nitrogens with one attached hydrogen (secondary N) is 2. The summed E-state index contributed by atoms with van der Waals surface area (Å²) < 4.78 is 12.9. The van der Waals surface area contributed by atoms with Crippen molar-refractivity contribution in [3.63, 3.8) is 0 Å². The molecule has 24 heavy (non-hydrogen) atoms. The van der Waals surface area contributed by atoms with Crippen molar-refractivity contribution in [2.45, 2.75) is 20.4 Å². The molecule has 0 atom stereocenters. The number of benzene rings is 2. The summed E-state index contributed by atoms with van der Waals surface area (Å²) in [6.07, 6.45) is 0. The molecule has 126 valence electrons. The van der Waals surface area contributed by atoms with Crippen molar-refractivity contribution in [1.29, 1.82) is 0 Å². The first-order valence-corrected chi connectivity index (χ1v) is 7.76. The van der Waals surface area contributed by atoms with Gasteiger partial charge in [0, 0.05) is 17.3 Å². The fourth-order valence-corrected chi connectivity index (χ4v) is 2.15. The Morgan fingerprint density at radius 2 is 1.75 bits per heavy atom. The van der Waals surface area contributed by atoms with Gasteiger partial charge in [0.1, 0.15) is 11.2 Å². The smallest absolute Gasteiger partial charge is 0.239 e. The Morgan fingerprint density at radius 1 is 1.08 bits per heavy atom. The van der Waals surface area contributed by atoms with Crippen LogP contribution in [0.15, 0.2) is 48.5 Å². The van der Waals surface area contributed by atoms with E-state index in [1.807, 2.05) is 0 Å². The minimum atomic E-state index is -1.28. The van der Waals surface area contributed by atoms with Gasteiger partial charge in [-0.3, -0.25) is 9.59 Å². The lowest BCUT2D eigenvalue weighted by atomic mass is 9.90. The van der Waals surface area contributed by atoms with Gasteiger partial charge in [0.15, 0.2) is 0 Å². The molecule has 0 fully saturated rings. The maximum absolute atomic E-state index is 12.9. The second kappa shape index (κ2) is 7.45. The highest BCUT2D eigenvalue weighted by atomic mass is 35.5. The first-order chi connectivity index (χ1) is 11.3. The average molecular weight is 349 g/mol. The van der Waals surface area contributed by atoms with Gasteiger partial charge in [0.05, 0.1) is 0 Å². The molecule has 0 bridgehead atoms. The van der Waals surface area contributed by atoms with Gasteiger partial charge in [-0.2, -0.15) is 0 Å². The van der Waals surface area contributed by atoms with E-state index in [4.69, 9.17) is 11.6 Å². The molecule has 2 aromatic rings. The largest absolute Gasteiger partial charge is 0.351 e. The number of halogens is 2. The van der Waals surface area contributed by atoms with E-state index in [1.54, 1.807) is 36.4 Å². The van der Waals surface area contributed by atoms with Crippen LogP contribution in [0.1, 0.15) is 19.4 Å². The van der Waals surface area contributed by atoms with Crippen LogP contribution in [-0.4, -0.2) is 11.8 Å². The fourth-order valence-electron chi connectivity index (χ4n) is 1.96. The van der Waals surface area contributed by atoms with Crippen LogP contribution in [0.2, 0.25) is 5.02 Å². The van der Waals surface area contributed by atoms with Crippen LogP contribution in [0, 0.1) is 11.2 Å². The van der Waals surface area contributed by atoms with Gasteiger partial charge in [-0.15, -0.1) is 0 Å². The highest BCUT2D eigenvalue weighted by molar-refractivity contribution is 6.31. The fraction of sp³-hybridized carbons (Fsp3) is 0.222.